The van der Waals surface area contributed by atoms with Crippen LogP contribution in [0.4, 0.5) is 5.69 Å². The van der Waals surface area contributed by atoms with Crippen molar-refractivity contribution < 1.29 is 13.6 Å². The topological polar surface area (TPSA) is 68.3 Å². The molecule has 3 aromatic carbocycles. The van der Waals surface area contributed by atoms with Gasteiger partial charge in [-0.25, -0.2) is 4.98 Å². The molecular weight excluding hydrogens is 507 g/mol. The lowest BCUT2D eigenvalue weighted by Crippen LogP contribution is -2.07. The third kappa shape index (κ3) is 5.13. The molecule has 174 valence electrons. The summed E-state index contributed by atoms with van der Waals surface area (Å²) < 4.78 is 11.6. The highest BCUT2D eigenvalue weighted by molar-refractivity contribution is 6.36. The zero-order valence-corrected chi connectivity index (χ0v) is 20.6. The van der Waals surface area contributed by atoms with Crippen LogP contribution < -0.4 is 5.32 Å². The fourth-order valence-corrected chi connectivity index (χ4v) is 4.15. The largest absolute Gasteiger partial charge is 0.457 e. The molecule has 0 bridgehead atoms. The minimum atomic E-state index is -0.319. The Morgan fingerprint density at radius 2 is 1.77 bits per heavy atom. The number of rotatable bonds is 5. The second kappa shape index (κ2) is 9.62. The maximum atomic E-state index is 12.5. The quantitative estimate of drug-likeness (QED) is 0.234. The summed E-state index contributed by atoms with van der Waals surface area (Å²) >= 11 is 18.4. The lowest BCUT2D eigenvalue weighted by molar-refractivity contribution is -0.111. The highest BCUT2D eigenvalue weighted by Gasteiger charge is 2.11. The Kier molecular flexibility index (Phi) is 6.39. The molecule has 0 spiro atoms. The van der Waals surface area contributed by atoms with E-state index in [1.54, 1.807) is 54.6 Å². The molecule has 5 aromatic rings. The number of halogens is 3. The van der Waals surface area contributed by atoms with E-state index in [-0.39, 0.29) is 5.91 Å². The number of nitrogens with zero attached hydrogens (tertiary/aromatic N) is 1. The van der Waals surface area contributed by atoms with Gasteiger partial charge >= 0.3 is 0 Å². The van der Waals surface area contributed by atoms with Crippen molar-refractivity contribution in [3.8, 4) is 22.8 Å². The summed E-state index contributed by atoms with van der Waals surface area (Å²) in [6.07, 6.45) is 2.97. The molecule has 1 amide bonds. The van der Waals surface area contributed by atoms with E-state index in [0.29, 0.717) is 54.8 Å². The van der Waals surface area contributed by atoms with Crippen LogP contribution in [0, 0.1) is 6.92 Å². The number of anilines is 1. The highest BCUT2D eigenvalue weighted by atomic mass is 35.5. The minimum Gasteiger partial charge on any atom is -0.457 e. The van der Waals surface area contributed by atoms with Crippen molar-refractivity contribution in [1.29, 1.82) is 0 Å². The highest BCUT2D eigenvalue weighted by Crippen LogP contribution is 2.32. The maximum Gasteiger partial charge on any atom is 0.248 e. The van der Waals surface area contributed by atoms with Crippen LogP contribution in [0.15, 0.2) is 81.6 Å². The number of carbonyl (C=O) groups excluding carboxylic acids is 1. The molecular formula is C27H17Cl3N2O3. The Labute approximate surface area is 215 Å². The summed E-state index contributed by atoms with van der Waals surface area (Å²) in [5.41, 5.74) is 4.28. The van der Waals surface area contributed by atoms with Gasteiger partial charge in [0.05, 0.1) is 5.02 Å². The van der Waals surface area contributed by atoms with Crippen molar-refractivity contribution in [3.63, 3.8) is 0 Å². The fraction of sp³-hybridized carbons (Fsp3) is 0.0370. The van der Waals surface area contributed by atoms with Gasteiger partial charge in [-0.05, 0) is 79.2 Å². The van der Waals surface area contributed by atoms with E-state index >= 15 is 0 Å². The summed E-state index contributed by atoms with van der Waals surface area (Å²) in [4.78, 5) is 17.0. The molecule has 0 saturated heterocycles. The molecule has 8 heteroatoms. The third-order valence-electron chi connectivity index (χ3n) is 5.30. The van der Waals surface area contributed by atoms with E-state index in [2.05, 4.69) is 10.3 Å². The maximum absolute atomic E-state index is 12.5. The monoisotopic (exact) mass is 522 g/mol. The second-order valence-electron chi connectivity index (χ2n) is 7.81. The van der Waals surface area contributed by atoms with Gasteiger partial charge in [0.1, 0.15) is 17.0 Å². The van der Waals surface area contributed by atoms with Gasteiger partial charge in [0.25, 0.3) is 0 Å². The Hall–Kier alpha value is -3.51. The number of aryl methyl sites for hydroxylation is 1. The van der Waals surface area contributed by atoms with Crippen LogP contribution in [0.3, 0.4) is 0 Å². The molecule has 0 atom stereocenters. The average Bonchev–Trinajstić information content (AvgIpc) is 3.46. The second-order valence-corrected chi connectivity index (χ2v) is 9.07. The Balaban J connectivity index is 1.29. The zero-order valence-electron chi connectivity index (χ0n) is 18.3. The molecule has 5 nitrogen and oxygen atoms in total. The molecule has 35 heavy (non-hydrogen) atoms. The summed E-state index contributed by atoms with van der Waals surface area (Å²) in [5.74, 6) is 1.23. The molecule has 0 aliphatic rings. The van der Waals surface area contributed by atoms with E-state index in [1.165, 1.54) is 6.08 Å². The number of carbonyl (C=O) groups is 1. The molecule has 1 N–H and O–H groups in total. The van der Waals surface area contributed by atoms with Crippen LogP contribution in [0.1, 0.15) is 11.3 Å². The van der Waals surface area contributed by atoms with Crippen LogP contribution in [-0.2, 0) is 4.79 Å². The van der Waals surface area contributed by atoms with Crippen molar-refractivity contribution in [3.05, 3.63) is 99.2 Å². The first-order chi connectivity index (χ1) is 16.9. The summed E-state index contributed by atoms with van der Waals surface area (Å²) in [6, 6.07) is 19.6. The molecule has 5 rings (SSSR count). The van der Waals surface area contributed by atoms with Crippen LogP contribution in [0.2, 0.25) is 15.1 Å². The van der Waals surface area contributed by atoms with Crippen LogP contribution in [-0.4, -0.2) is 10.9 Å². The molecule has 2 aromatic heterocycles. The number of hydrogen-bond acceptors (Lipinski definition) is 4. The molecule has 0 aliphatic carbocycles. The van der Waals surface area contributed by atoms with Crippen molar-refractivity contribution in [1.82, 2.24) is 4.98 Å². The van der Waals surface area contributed by atoms with Crippen LogP contribution >= 0.6 is 34.8 Å². The third-order valence-corrected chi connectivity index (χ3v) is 6.25. The van der Waals surface area contributed by atoms with Crippen molar-refractivity contribution in [2.45, 2.75) is 6.92 Å². The van der Waals surface area contributed by atoms with Gasteiger partial charge in [0.2, 0.25) is 11.8 Å². The van der Waals surface area contributed by atoms with Gasteiger partial charge in [0.15, 0.2) is 5.58 Å². The van der Waals surface area contributed by atoms with Gasteiger partial charge in [-0.15, -0.1) is 0 Å². The molecule has 0 saturated carbocycles. The predicted molar refractivity (Wildman–Crippen MR) is 141 cm³/mol. The lowest BCUT2D eigenvalue weighted by atomic mass is 10.1. The minimum absolute atomic E-state index is 0.319. The van der Waals surface area contributed by atoms with Gasteiger partial charge in [0, 0.05) is 32.9 Å². The number of amides is 1. The summed E-state index contributed by atoms with van der Waals surface area (Å²) in [7, 11) is 0. The normalized spacial score (nSPS) is 11.4. The van der Waals surface area contributed by atoms with Crippen LogP contribution in [0.25, 0.3) is 40.0 Å². The van der Waals surface area contributed by atoms with E-state index in [0.717, 1.165) is 11.1 Å². The number of nitrogens with one attached hydrogen (secondary N) is 1. The Morgan fingerprint density at radius 1 is 0.914 bits per heavy atom. The van der Waals surface area contributed by atoms with Gasteiger partial charge in [-0.3, -0.25) is 4.79 Å². The number of aromatic nitrogens is 1. The first kappa shape index (κ1) is 23.2. The first-order valence-corrected chi connectivity index (χ1v) is 11.7. The molecule has 2 heterocycles. The number of furan rings is 1. The van der Waals surface area contributed by atoms with Crippen molar-refractivity contribution in [2.24, 2.45) is 0 Å². The average molecular weight is 524 g/mol. The fourth-order valence-electron chi connectivity index (χ4n) is 3.47. The van der Waals surface area contributed by atoms with E-state index < -0.39 is 0 Å². The summed E-state index contributed by atoms with van der Waals surface area (Å²) in [6.45, 7) is 1.93. The standard InChI is InChI=1S/C27H17Cl3N2O3/c1-15-2-3-16(12-21(15)29)27-32-23-14-18(5-9-25(23)35-27)31-26(33)11-7-19-6-10-24(34-19)20-8-4-17(28)13-22(20)30/h2-14H,1H3,(H,31,33)/b11-7+. The van der Waals surface area contributed by atoms with Gasteiger partial charge in [-0.2, -0.15) is 0 Å². The van der Waals surface area contributed by atoms with E-state index in [4.69, 9.17) is 43.6 Å². The number of fused-ring (bicyclic) bond motifs is 1. The van der Waals surface area contributed by atoms with E-state index in [9.17, 15) is 4.79 Å². The lowest BCUT2D eigenvalue weighted by Gasteiger charge is -2.01. The first-order valence-electron chi connectivity index (χ1n) is 10.6. The number of oxazole rings is 1. The molecule has 0 radical (unpaired) electrons. The molecule has 0 fully saturated rings. The van der Waals surface area contributed by atoms with Crippen molar-refractivity contribution >= 4 is 63.6 Å². The number of hydrogen-bond donors (Lipinski definition) is 1. The van der Waals surface area contributed by atoms with Crippen molar-refractivity contribution in [2.75, 3.05) is 5.32 Å². The molecule has 0 unspecified atom stereocenters. The predicted octanol–water partition coefficient (Wildman–Crippen LogP) is 8.68. The van der Waals surface area contributed by atoms with E-state index in [1.807, 2.05) is 25.1 Å². The Bertz CT molecular complexity index is 1600. The SMILES string of the molecule is Cc1ccc(-c2nc3cc(NC(=O)/C=C/c4ccc(-c5ccc(Cl)cc5Cl)o4)ccc3o2)cc1Cl. The smallest absolute Gasteiger partial charge is 0.248 e. The van der Waals surface area contributed by atoms with Crippen LogP contribution in [0.5, 0.6) is 0 Å². The zero-order chi connectivity index (χ0) is 24.5. The van der Waals surface area contributed by atoms with Gasteiger partial charge < -0.3 is 14.2 Å². The molecule has 0 aliphatic heterocycles. The van der Waals surface area contributed by atoms with Gasteiger partial charge in [-0.1, -0.05) is 40.9 Å². The summed E-state index contributed by atoms with van der Waals surface area (Å²) in [5, 5.41) is 4.49. The Morgan fingerprint density at radius 3 is 2.57 bits per heavy atom. The number of benzene rings is 3.